The molecule has 2 aromatic heterocycles. The Balaban J connectivity index is 0.000000235. The van der Waals surface area contributed by atoms with Crippen molar-refractivity contribution in [2.24, 2.45) is 0 Å². The number of carbonyl (C=O) groups excluding carboxylic acids is 1. The summed E-state index contributed by atoms with van der Waals surface area (Å²) in [4.78, 5) is 22.7. The number of rotatable bonds is 3. The number of nitrogens with two attached hydrogens (primary N) is 1. The number of para-hydroxylation sites is 1. The van der Waals surface area contributed by atoms with Gasteiger partial charge in [0.1, 0.15) is 18.0 Å². The maximum Gasteiger partial charge on any atom is 0.434 e. The van der Waals surface area contributed by atoms with Crippen molar-refractivity contribution in [3.05, 3.63) is 60.2 Å². The van der Waals surface area contributed by atoms with E-state index in [1.54, 1.807) is 6.07 Å². The second-order valence-corrected chi connectivity index (χ2v) is 7.21. The van der Waals surface area contributed by atoms with Crippen molar-refractivity contribution in [1.82, 2.24) is 20.3 Å². The number of amides is 1. The fraction of sp³-hybridized carbons (Fsp3) is 0.333. The van der Waals surface area contributed by atoms with E-state index in [1.165, 1.54) is 6.20 Å². The number of pyridine rings is 1. The number of fused-ring (bicyclic) bond motifs is 1. The summed E-state index contributed by atoms with van der Waals surface area (Å²) in [7, 11) is 0. The molecular weight excluding hydrogens is 443 g/mol. The van der Waals surface area contributed by atoms with Gasteiger partial charge in [-0.3, -0.25) is 14.8 Å². The van der Waals surface area contributed by atoms with Gasteiger partial charge in [0, 0.05) is 24.7 Å². The standard InChI is InChI=1S/C16H18N2O4.C5H4F3N3/c19-13-5-6-22-14(15(13)20)9-18-16(21)11-7-10-3-1-2-4-12(10)17-8-11;6-5(7,8)3-1-10-2-4(9)11-3/h1-4,7-8,13-15,19-20H,5-6,9H2,(H,18,21);1-2H,(H2,9,11). The molecule has 0 aliphatic carbocycles. The number of nitrogens with one attached hydrogen (secondary N) is 1. The van der Waals surface area contributed by atoms with Crippen molar-refractivity contribution < 1.29 is 32.9 Å². The van der Waals surface area contributed by atoms with E-state index in [1.807, 2.05) is 24.3 Å². The molecule has 0 radical (unpaired) electrons. The van der Waals surface area contributed by atoms with E-state index < -0.39 is 30.2 Å². The third-order valence-corrected chi connectivity index (χ3v) is 4.78. The number of carbonyl (C=O) groups is 1. The number of aliphatic hydroxyl groups excluding tert-OH is 2. The minimum atomic E-state index is -4.47. The number of benzene rings is 1. The number of nitrogens with zero attached hydrogens (tertiary/aromatic N) is 3. The van der Waals surface area contributed by atoms with Crippen LogP contribution in [0.2, 0.25) is 0 Å². The van der Waals surface area contributed by atoms with E-state index in [-0.39, 0.29) is 18.3 Å². The summed E-state index contributed by atoms with van der Waals surface area (Å²) < 4.78 is 40.8. The number of alkyl halides is 3. The van der Waals surface area contributed by atoms with Crippen molar-refractivity contribution in [1.29, 1.82) is 0 Å². The van der Waals surface area contributed by atoms with Crippen molar-refractivity contribution in [2.45, 2.75) is 30.9 Å². The van der Waals surface area contributed by atoms with E-state index in [0.717, 1.165) is 17.1 Å². The van der Waals surface area contributed by atoms with E-state index in [4.69, 9.17) is 10.5 Å². The molecule has 12 heteroatoms. The lowest BCUT2D eigenvalue weighted by Gasteiger charge is -2.32. The summed E-state index contributed by atoms with van der Waals surface area (Å²) >= 11 is 0. The van der Waals surface area contributed by atoms with Crippen molar-refractivity contribution >= 4 is 22.6 Å². The molecule has 5 N–H and O–H groups in total. The number of ether oxygens (including phenoxy) is 1. The number of hydrogen-bond donors (Lipinski definition) is 4. The quantitative estimate of drug-likeness (QED) is 0.456. The number of anilines is 1. The van der Waals surface area contributed by atoms with Gasteiger partial charge in [-0.2, -0.15) is 13.2 Å². The molecule has 1 aliphatic heterocycles. The smallest absolute Gasteiger partial charge is 0.390 e. The second-order valence-electron chi connectivity index (χ2n) is 7.21. The average molecular weight is 465 g/mol. The van der Waals surface area contributed by atoms with Gasteiger partial charge in [0.05, 0.1) is 29.6 Å². The van der Waals surface area contributed by atoms with Gasteiger partial charge in [-0.1, -0.05) is 18.2 Å². The van der Waals surface area contributed by atoms with Crippen LogP contribution in [0.3, 0.4) is 0 Å². The number of nitrogen functional groups attached to an aromatic ring is 1. The molecule has 0 bridgehead atoms. The van der Waals surface area contributed by atoms with Crippen LogP contribution in [0.5, 0.6) is 0 Å². The molecule has 3 atom stereocenters. The third-order valence-electron chi connectivity index (χ3n) is 4.78. The van der Waals surface area contributed by atoms with Gasteiger partial charge >= 0.3 is 6.18 Å². The molecule has 3 heterocycles. The first-order valence-corrected chi connectivity index (χ1v) is 9.90. The van der Waals surface area contributed by atoms with Crippen LogP contribution >= 0.6 is 0 Å². The van der Waals surface area contributed by atoms with E-state index >= 15 is 0 Å². The Morgan fingerprint density at radius 1 is 1.21 bits per heavy atom. The molecule has 1 aromatic carbocycles. The molecule has 1 aliphatic rings. The first-order valence-electron chi connectivity index (χ1n) is 9.90. The van der Waals surface area contributed by atoms with Crippen LogP contribution < -0.4 is 11.1 Å². The molecule has 9 nitrogen and oxygen atoms in total. The van der Waals surface area contributed by atoms with Crippen LogP contribution in [0.15, 0.2) is 48.9 Å². The van der Waals surface area contributed by atoms with Crippen LogP contribution in [0.4, 0.5) is 19.0 Å². The van der Waals surface area contributed by atoms with Crippen LogP contribution in [0, 0.1) is 0 Å². The Kier molecular flexibility index (Phi) is 7.74. The van der Waals surface area contributed by atoms with Crippen LogP contribution in [0.1, 0.15) is 22.5 Å². The zero-order chi connectivity index (χ0) is 24.0. The molecule has 4 rings (SSSR count). The maximum absolute atomic E-state index is 12.2. The van der Waals surface area contributed by atoms with Gasteiger partial charge in [-0.05, 0) is 18.6 Å². The van der Waals surface area contributed by atoms with Gasteiger partial charge in [0.15, 0.2) is 5.69 Å². The lowest BCUT2D eigenvalue weighted by molar-refractivity contribution is -0.141. The highest BCUT2D eigenvalue weighted by molar-refractivity contribution is 5.97. The third kappa shape index (κ3) is 6.57. The van der Waals surface area contributed by atoms with E-state index in [2.05, 4.69) is 20.3 Å². The molecule has 1 amide bonds. The van der Waals surface area contributed by atoms with Gasteiger partial charge in [-0.15, -0.1) is 0 Å². The van der Waals surface area contributed by atoms with Crippen LogP contribution in [-0.2, 0) is 10.9 Å². The maximum atomic E-state index is 12.2. The van der Waals surface area contributed by atoms with Crippen LogP contribution in [0.25, 0.3) is 10.9 Å². The number of aliphatic hydroxyl groups is 2. The lowest BCUT2D eigenvalue weighted by atomic mass is 10.0. The van der Waals surface area contributed by atoms with Gasteiger partial charge in [0.2, 0.25) is 0 Å². The summed E-state index contributed by atoms with van der Waals surface area (Å²) in [6, 6.07) is 9.32. The number of hydrogen-bond acceptors (Lipinski definition) is 8. The van der Waals surface area contributed by atoms with Gasteiger partial charge in [-0.25, -0.2) is 4.98 Å². The monoisotopic (exact) mass is 465 g/mol. The normalized spacial score (nSPS) is 20.6. The highest BCUT2D eigenvalue weighted by atomic mass is 19.4. The molecule has 1 saturated heterocycles. The first kappa shape index (κ1) is 24.3. The topological polar surface area (TPSA) is 143 Å². The Morgan fingerprint density at radius 3 is 2.67 bits per heavy atom. The zero-order valence-electron chi connectivity index (χ0n) is 17.2. The fourth-order valence-electron chi connectivity index (χ4n) is 3.05. The van der Waals surface area contributed by atoms with Gasteiger partial charge in [0.25, 0.3) is 5.91 Å². The van der Waals surface area contributed by atoms with Crippen molar-refractivity contribution in [3.8, 4) is 0 Å². The van der Waals surface area contributed by atoms with E-state index in [0.29, 0.717) is 24.8 Å². The van der Waals surface area contributed by atoms with E-state index in [9.17, 15) is 28.2 Å². The summed E-state index contributed by atoms with van der Waals surface area (Å²) in [5.74, 6) is -0.519. The summed E-state index contributed by atoms with van der Waals surface area (Å²) in [5.41, 5.74) is 5.19. The predicted molar refractivity (Wildman–Crippen MR) is 112 cm³/mol. The molecule has 0 saturated carbocycles. The minimum absolute atomic E-state index is 0.143. The Hall–Kier alpha value is -3.35. The molecule has 176 valence electrons. The fourth-order valence-corrected chi connectivity index (χ4v) is 3.05. The first-order chi connectivity index (χ1) is 15.6. The Morgan fingerprint density at radius 2 is 1.97 bits per heavy atom. The van der Waals surface area contributed by atoms with Crippen molar-refractivity contribution in [3.63, 3.8) is 0 Å². The van der Waals surface area contributed by atoms with Gasteiger partial charge < -0.3 is 26.0 Å². The average Bonchev–Trinajstić information content (AvgIpc) is 2.79. The highest BCUT2D eigenvalue weighted by Crippen LogP contribution is 2.26. The largest absolute Gasteiger partial charge is 0.434 e. The molecule has 3 unspecified atom stereocenters. The summed E-state index contributed by atoms with van der Waals surface area (Å²) in [5, 5.41) is 23.0. The minimum Gasteiger partial charge on any atom is -0.390 e. The number of aromatic nitrogens is 3. The Labute approximate surface area is 186 Å². The molecule has 33 heavy (non-hydrogen) atoms. The molecule has 3 aromatic rings. The summed E-state index contributed by atoms with van der Waals surface area (Å²) in [6.07, 6.45) is -3.26. The zero-order valence-corrected chi connectivity index (χ0v) is 17.2. The SMILES string of the molecule is Nc1cncc(C(F)(F)F)n1.O=C(NCC1OCCC(O)C1O)c1cnc2ccccc2c1. The summed E-state index contributed by atoms with van der Waals surface area (Å²) in [6.45, 7) is 0.514. The number of halogens is 3. The Bertz CT molecular complexity index is 1100. The molecule has 1 fully saturated rings. The predicted octanol–water partition coefficient (Wildman–Crippen LogP) is 1.55. The molecular formula is C21H22F3N5O4. The molecule has 0 spiro atoms. The highest BCUT2D eigenvalue weighted by Gasteiger charge is 2.33. The van der Waals surface area contributed by atoms with Crippen LogP contribution in [-0.4, -0.2) is 62.5 Å². The van der Waals surface area contributed by atoms with Crippen molar-refractivity contribution in [2.75, 3.05) is 18.9 Å². The lowest BCUT2D eigenvalue weighted by Crippen LogP contribution is -2.49. The second kappa shape index (κ2) is 10.5.